The van der Waals surface area contributed by atoms with Gasteiger partial charge in [-0.3, -0.25) is 4.79 Å². The molecule has 0 saturated carbocycles. The van der Waals surface area contributed by atoms with Crippen molar-refractivity contribution >= 4 is 47.4 Å². The van der Waals surface area contributed by atoms with Crippen LogP contribution >= 0.6 is 24.0 Å². The molecule has 5 nitrogen and oxygen atoms in total. The molecule has 0 radical (unpaired) electrons. The molecule has 0 bridgehead atoms. The Morgan fingerprint density at radius 3 is 2.48 bits per heavy atom. The second-order valence-corrected chi connectivity index (χ2v) is 5.47. The molecule has 118 valence electrons. The van der Waals surface area contributed by atoms with Gasteiger partial charge in [-0.15, -0.1) is 11.8 Å². The molecule has 2 aromatic rings. The molecule has 1 aromatic heterocycles. The first kappa shape index (κ1) is 17.0. The number of carboxylic acid groups (broad SMARTS) is 1. The topological polar surface area (TPSA) is 79.5 Å². The summed E-state index contributed by atoms with van der Waals surface area (Å²) in [6.07, 6.45) is 3.40. The number of carboxylic acids is 1. The van der Waals surface area contributed by atoms with Crippen LogP contribution in [0.5, 0.6) is 0 Å². The summed E-state index contributed by atoms with van der Waals surface area (Å²) >= 11 is 5.88. The largest absolute Gasteiger partial charge is 0.478 e. The van der Waals surface area contributed by atoms with E-state index in [2.05, 4.69) is 17.5 Å². The van der Waals surface area contributed by atoms with Crippen LogP contribution in [-0.4, -0.2) is 28.7 Å². The standard InChI is InChI=1S/C16H13NO4S2/c1-23-14(15(18)17-9-22)8-12-6-7-13(21-12)10-2-4-11(5-3-10)16(19)20/h2-9H,1H3,(H,19,20)(H,17,18,22). The second kappa shape index (κ2) is 7.75. The number of aromatic carboxylic acids is 1. The molecule has 0 spiro atoms. The Labute approximate surface area is 142 Å². The number of hydrogen-bond donors (Lipinski definition) is 2. The zero-order valence-corrected chi connectivity index (χ0v) is 13.7. The lowest BCUT2D eigenvalue weighted by Gasteiger charge is -2.01. The highest BCUT2D eigenvalue weighted by atomic mass is 32.2. The predicted molar refractivity (Wildman–Crippen MR) is 94.4 cm³/mol. The summed E-state index contributed by atoms with van der Waals surface area (Å²) in [5.41, 5.74) is 2.12. The normalized spacial score (nSPS) is 11.1. The third-order valence-electron chi connectivity index (χ3n) is 2.95. The highest BCUT2D eigenvalue weighted by molar-refractivity contribution is 8.03. The Morgan fingerprint density at radius 2 is 1.91 bits per heavy atom. The van der Waals surface area contributed by atoms with Crippen LogP contribution in [0.15, 0.2) is 45.7 Å². The van der Waals surface area contributed by atoms with E-state index >= 15 is 0 Å². The Morgan fingerprint density at radius 1 is 1.22 bits per heavy atom. The van der Waals surface area contributed by atoms with Crippen molar-refractivity contribution in [2.45, 2.75) is 0 Å². The minimum Gasteiger partial charge on any atom is -0.478 e. The van der Waals surface area contributed by atoms with Gasteiger partial charge in [-0.25, -0.2) is 4.79 Å². The van der Waals surface area contributed by atoms with Gasteiger partial charge in [0, 0.05) is 5.56 Å². The number of carbonyl (C=O) groups excluding carboxylic acids is 1. The summed E-state index contributed by atoms with van der Waals surface area (Å²) in [7, 11) is 0. The predicted octanol–water partition coefficient (Wildman–Crippen LogP) is 3.42. The van der Waals surface area contributed by atoms with Crippen LogP contribution in [0.1, 0.15) is 16.1 Å². The number of benzene rings is 1. The van der Waals surface area contributed by atoms with Crippen molar-refractivity contribution in [1.29, 1.82) is 0 Å². The maximum Gasteiger partial charge on any atom is 0.335 e. The third-order valence-corrected chi connectivity index (χ3v) is 3.81. The van der Waals surface area contributed by atoms with Gasteiger partial charge in [-0.1, -0.05) is 24.4 Å². The van der Waals surface area contributed by atoms with Crippen molar-refractivity contribution in [3.8, 4) is 11.3 Å². The van der Waals surface area contributed by atoms with Crippen molar-refractivity contribution in [1.82, 2.24) is 5.32 Å². The van der Waals surface area contributed by atoms with E-state index in [0.29, 0.717) is 16.4 Å². The number of furan rings is 1. The van der Waals surface area contributed by atoms with Crippen LogP contribution in [0, 0.1) is 0 Å². The molecule has 0 atom stereocenters. The van der Waals surface area contributed by atoms with Crippen LogP contribution in [0.3, 0.4) is 0 Å². The van der Waals surface area contributed by atoms with E-state index in [0.717, 1.165) is 11.1 Å². The number of amides is 1. The fraction of sp³-hybridized carbons (Fsp3) is 0.0625. The van der Waals surface area contributed by atoms with E-state index in [9.17, 15) is 9.59 Å². The maximum atomic E-state index is 11.8. The summed E-state index contributed by atoms with van der Waals surface area (Å²) in [6.45, 7) is 0. The van der Waals surface area contributed by atoms with E-state index < -0.39 is 5.97 Å². The van der Waals surface area contributed by atoms with Crippen molar-refractivity contribution in [3.05, 3.63) is 52.6 Å². The summed E-state index contributed by atoms with van der Waals surface area (Å²) in [5, 5.41) is 11.3. The van der Waals surface area contributed by atoms with E-state index in [1.54, 1.807) is 36.6 Å². The first-order chi connectivity index (χ1) is 11.0. The zero-order chi connectivity index (χ0) is 16.8. The summed E-state index contributed by atoms with van der Waals surface area (Å²) in [6, 6.07) is 9.86. The van der Waals surface area contributed by atoms with Crippen molar-refractivity contribution in [2.24, 2.45) is 0 Å². The summed E-state index contributed by atoms with van der Waals surface area (Å²) in [5.74, 6) is -0.167. The van der Waals surface area contributed by atoms with Gasteiger partial charge in [0.15, 0.2) is 0 Å². The number of rotatable bonds is 6. The summed E-state index contributed by atoms with van der Waals surface area (Å²) in [4.78, 5) is 23.1. The molecule has 0 saturated heterocycles. The second-order valence-electron chi connectivity index (χ2n) is 4.39. The van der Waals surface area contributed by atoms with Gasteiger partial charge in [0.05, 0.1) is 16.0 Å². The van der Waals surface area contributed by atoms with Gasteiger partial charge in [-0.05, 0) is 36.6 Å². The van der Waals surface area contributed by atoms with Gasteiger partial charge in [-0.2, -0.15) is 0 Å². The average Bonchev–Trinajstić information content (AvgIpc) is 3.01. The van der Waals surface area contributed by atoms with Crippen molar-refractivity contribution in [2.75, 3.05) is 6.26 Å². The number of hydrogen-bond acceptors (Lipinski definition) is 5. The Hall–Kier alpha value is -2.38. The molecule has 0 aliphatic heterocycles. The lowest BCUT2D eigenvalue weighted by atomic mass is 10.1. The summed E-state index contributed by atoms with van der Waals surface area (Å²) < 4.78 is 5.68. The number of carbonyl (C=O) groups is 2. The quantitative estimate of drug-likeness (QED) is 0.616. The van der Waals surface area contributed by atoms with Gasteiger partial charge in [0.2, 0.25) is 0 Å². The van der Waals surface area contributed by atoms with Gasteiger partial charge in [0.25, 0.3) is 5.91 Å². The number of nitrogens with one attached hydrogen (secondary N) is 1. The van der Waals surface area contributed by atoms with E-state index in [4.69, 9.17) is 9.52 Å². The molecule has 0 unspecified atom stereocenters. The van der Waals surface area contributed by atoms with Crippen LogP contribution in [-0.2, 0) is 4.79 Å². The molecular weight excluding hydrogens is 334 g/mol. The van der Waals surface area contributed by atoms with E-state index in [1.807, 2.05) is 0 Å². The van der Waals surface area contributed by atoms with Crippen LogP contribution in [0.4, 0.5) is 0 Å². The SMILES string of the molecule is CSC(=Cc1ccc(-c2ccc(C(=O)O)cc2)o1)C(=O)NC=S. The molecular formula is C16H13NO4S2. The van der Waals surface area contributed by atoms with Crippen LogP contribution in [0.25, 0.3) is 17.4 Å². The van der Waals surface area contributed by atoms with Crippen LogP contribution in [0.2, 0.25) is 0 Å². The molecule has 0 aliphatic rings. The first-order valence-corrected chi connectivity index (χ1v) is 8.18. The number of thioether (sulfide) groups is 1. The van der Waals surface area contributed by atoms with Gasteiger partial charge < -0.3 is 14.8 Å². The molecule has 7 heteroatoms. The molecule has 1 amide bonds. The lowest BCUT2D eigenvalue weighted by Crippen LogP contribution is -2.20. The molecule has 0 aliphatic carbocycles. The minimum atomic E-state index is -0.978. The highest BCUT2D eigenvalue weighted by Gasteiger charge is 2.10. The van der Waals surface area contributed by atoms with Crippen LogP contribution < -0.4 is 5.32 Å². The monoisotopic (exact) mass is 347 g/mol. The molecule has 2 rings (SSSR count). The third kappa shape index (κ3) is 4.30. The fourth-order valence-electron chi connectivity index (χ4n) is 1.83. The Kier molecular flexibility index (Phi) is 5.72. The maximum absolute atomic E-state index is 11.8. The average molecular weight is 347 g/mol. The molecule has 2 N–H and O–H groups in total. The lowest BCUT2D eigenvalue weighted by molar-refractivity contribution is -0.115. The Bertz CT molecular complexity index is 763. The van der Waals surface area contributed by atoms with Crippen molar-refractivity contribution < 1.29 is 19.1 Å². The zero-order valence-electron chi connectivity index (χ0n) is 12.1. The highest BCUT2D eigenvalue weighted by Crippen LogP contribution is 2.25. The minimum absolute atomic E-state index is 0.210. The first-order valence-electron chi connectivity index (χ1n) is 6.49. The van der Waals surface area contributed by atoms with Gasteiger partial charge in [0.1, 0.15) is 11.5 Å². The molecule has 1 heterocycles. The molecule has 1 aromatic carbocycles. The van der Waals surface area contributed by atoms with Gasteiger partial charge >= 0.3 is 5.97 Å². The Balaban J connectivity index is 2.24. The van der Waals surface area contributed by atoms with Crippen molar-refractivity contribution in [3.63, 3.8) is 0 Å². The van der Waals surface area contributed by atoms with E-state index in [1.165, 1.54) is 23.9 Å². The molecule has 23 heavy (non-hydrogen) atoms. The number of thiocarbonyl (C=S) groups is 1. The fourth-order valence-corrected chi connectivity index (χ4v) is 2.42. The molecule has 0 fully saturated rings. The smallest absolute Gasteiger partial charge is 0.335 e. The van der Waals surface area contributed by atoms with E-state index in [-0.39, 0.29) is 11.5 Å².